The monoisotopic (exact) mass is 287 g/mol. The molecule has 0 aliphatic heterocycles. The molecule has 1 aromatic heterocycles. The van der Waals surface area contributed by atoms with Crippen LogP contribution in [0.2, 0.25) is 0 Å². The summed E-state index contributed by atoms with van der Waals surface area (Å²) in [6.45, 7) is 8.60. The fourth-order valence-electron chi connectivity index (χ4n) is 2.66. The Kier molecular flexibility index (Phi) is 5.12. The molecule has 0 bridgehead atoms. The lowest BCUT2D eigenvalue weighted by molar-refractivity contribution is 0.333. The summed E-state index contributed by atoms with van der Waals surface area (Å²) in [6, 6.07) is 6.88. The Hall–Kier alpha value is -1.68. The Bertz CT molecular complexity index is 569. The zero-order chi connectivity index (χ0) is 15.4. The predicted molar refractivity (Wildman–Crippen MR) is 84.4 cm³/mol. The first-order chi connectivity index (χ1) is 9.97. The molecule has 0 fully saturated rings. The van der Waals surface area contributed by atoms with Crippen molar-refractivity contribution >= 4 is 0 Å². The van der Waals surface area contributed by atoms with Crippen LogP contribution >= 0.6 is 0 Å². The van der Waals surface area contributed by atoms with E-state index in [1.54, 1.807) is 0 Å². The predicted octanol–water partition coefficient (Wildman–Crippen LogP) is 3.06. The smallest absolute Gasteiger partial charge is 0.228 e. The molecule has 0 saturated carbocycles. The van der Waals surface area contributed by atoms with Crippen LogP contribution in [0, 0.1) is 19.8 Å². The lowest BCUT2D eigenvalue weighted by Gasteiger charge is -2.17. The summed E-state index contributed by atoms with van der Waals surface area (Å²) in [5, 5.41) is 7.40. The maximum atomic E-state index is 5.38. The molecule has 2 aromatic rings. The fourth-order valence-corrected chi connectivity index (χ4v) is 2.66. The van der Waals surface area contributed by atoms with Gasteiger partial charge in [0.25, 0.3) is 0 Å². The van der Waals surface area contributed by atoms with E-state index < -0.39 is 0 Å². The van der Waals surface area contributed by atoms with Crippen molar-refractivity contribution in [2.24, 2.45) is 5.92 Å². The molecule has 114 valence electrons. The van der Waals surface area contributed by atoms with Gasteiger partial charge in [-0.3, -0.25) is 0 Å². The van der Waals surface area contributed by atoms with E-state index in [2.05, 4.69) is 61.4 Å². The van der Waals surface area contributed by atoms with Crippen LogP contribution in [0.4, 0.5) is 0 Å². The van der Waals surface area contributed by atoms with E-state index in [1.807, 2.05) is 7.05 Å². The minimum absolute atomic E-state index is 0.361. The molecule has 1 atom stereocenters. The van der Waals surface area contributed by atoms with Crippen LogP contribution in [0.5, 0.6) is 0 Å². The molecule has 2 rings (SSSR count). The quantitative estimate of drug-likeness (QED) is 0.887. The summed E-state index contributed by atoms with van der Waals surface area (Å²) in [5.41, 5.74) is 3.77. The lowest BCUT2D eigenvalue weighted by Crippen LogP contribution is -2.32. The van der Waals surface area contributed by atoms with Crippen molar-refractivity contribution in [3.8, 4) is 0 Å². The third kappa shape index (κ3) is 4.39. The summed E-state index contributed by atoms with van der Waals surface area (Å²) in [5.74, 6) is 2.00. The van der Waals surface area contributed by atoms with Gasteiger partial charge in [-0.05, 0) is 32.4 Å². The van der Waals surface area contributed by atoms with Crippen LogP contribution in [0.15, 0.2) is 22.7 Å². The van der Waals surface area contributed by atoms with Crippen molar-refractivity contribution in [1.29, 1.82) is 0 Å². The van der Waals surface area contributed by atoms with Gasteiger partial charge < -0.3 is 9.84 Å². The minimum Gasteiger partial charge on any atom is -0.339 e. The van der Waals surface area contributed by atoms with Gasteiger partial charge in [-0.25, -0.2) is 0 Å². The van der Waals surface area contributed by atoms with Crippen molar-refractivity contribution in [1.82, 2.24) is 15.5 Å². The Morgan fingerprint density at radius 1 is 1.14 bits per heavy atom. The van der Waals surface area contributed by atoms with E-state index >= 15 is 0 Å². The van der Waals surface area contributed by atoms with Gasteiger partial charge >= 0.3 is 0 Å². The standard InChI is InChI=1S/C17H25N3O/c1-11(2)15(18-5)10-17-19-16(20-21-17)9-14-7-12(3)6-13(4)8-14/h6-8,11,15,18H,9-10H2,1-5H3. The lowest BCUT2D eigenvalue weighted by atomic mass is 10.0. The van der Waals surface area contributed by atoms with E-state index in [0.29, 0.717) is 17.9 Å². The second-order valence-electron chi connectivity index (χ2n) is 6.12. The van der Waals surface area contributed by atoms with E-state index in [0.717, 1.165) is 18.7 Å². The maximum Gasteiger partial charge on any atom is 0.228 e. The first-order valence-corrected chi connectivity index (χ1v) is 7.54. The molecule has 0 aliphatic carbocycles. The van der Waals surface area contributed by atoms with E-state index in [1.165, 1.54) is 16.7 Å². The summed E-state index contributed by atoms with van der Waals surface area (Å²) in [4.78, 5) is 4.52. The molecule has 4 heteroatoms. The maximum absolute atomic E-state index is 5.38. The summed E-state index contributed by atoms with van der Waals surface area (Å²) < 4.78 is 5.38. The number of nitrogens with one attached hydrogen (secondary N) is 1. The second kappa shape index (κ2) is 6.85. The SMILES string of the molecule is CNC(Cc1nc(Cc2cc(C)cc(C)c2)no1)C(C)C. The largest absolute Gasteiger partial charge is 0.339 e. The third-order valence-electron chi connectivity index (χ3n) is 3.72. The van der Waals surface area contributed by atoms with Gasteiger partial charge in [0.1, 0.15) is 0 Å². The Morgan fingerprint density at radius 2 is 1.81 bits per heavy atom. The normalized spacial score (nSPS) is 12.9. The number of aromatic nitrogens is 2. The van der Waals surface area contributed by atoms with Crippen molar-refractivity contribution in [3.63, 3.8) is 0 Å². The van der Waals surface area contributed by atoms with Gasteiger partial charge in [0.15, 0.2) is 5.82 Å². The molecular formula is C17H25N3O. The average Bonchev–Trinajstić information content (AvgIpc) is 2.81. The molecular weight excluding hydrogens is 262 g/mol. The molecule has 1 aromatic carbocycles. The van der Waals surface area contributed by atoms with Gasteiger partial charge in [0, 0.05) is 18.9 Å². The van der Waals surface area contributed by atoms with Gasteiger partial charge in [-0.2, -0.15) is 4.98 Å². The highest BCUT2D eigenvalue weighted by Gasteiger charge is 2.16. The van der Waals surface area contributed by atoms with Crippen LogP contribution < -0.4 is 5.32 Å². The average molecular weight is 287 g/mol. The van der Waals surface area contributed by atoms with Crippen molar-refractivity contribution in [3.05, 3.63) is 46.6 Å². The topological polar surface area (TPSA) is 51.0 Å². The first kappa shape index (κ1) is 15.7. The van der Waals surface area contributed by atoms with Crippen LogP contribution in [0.1, 0.15) is 42.3 Å². The summed E-state index contributed by atoms with van der Waals surface area (Å²) in [7, 11) is 1.97. The van der Waals surface area contributed by atoms with E-state index in [9.17, 15) is 0 Å². The molecule has 21 heavy (non-hydrogen) atoms. The van der Waals surface area contributed by atoms with Gasteiger partial charge in [-0.1, -0.05) is 48.3 Å². The highest BCUT2D eigenvalue weighted by Crippen LogP contribution is 2.14. The Labute approximate surface area is 127 Å². The Balaban J connectivity index is 2.06. The summed E-state index contributed by atoms with van der Waals surface area (Å²) in [6.07, 6.45) is 1.49. The van der Waals surface area contributed by atoms with Gasteiger partial charge in [0.2, 0.25) is 5.89 Å². The van der Waals surface area contributed by atoms with Crippen molar-refractivity contribution in [2.45, 2.75) is 46.6 Å². The molecule has 1 unspecified atom stereocenters. The highest BCUT2D eigenvalue weighted by molar-refractivity contribution is 5.30. The fraction of sp³-hybridized carbons (Fsp3) is 0.529. The van der Waals surface area contributed by atoms with E-state index in [4.69, 9.17) is 4.52 Å². The number of rotatable bonds is 6. The van der Waals surface area contributed by atoms with E-state index in [-0.39, 0.29) is 0 Å². The molecule has 0 amide bonds. The number of nitrogens with zero attached hydrogens (tertiary/aromatic N) is 2. The molecule has 0 aliphatic rings. The highest BCUT2D eigenvalue weighted by atomic mass is 16.5. The molecule has 0 saturated heterocycles. The second-order valence-corrected chi connectivity index (χ2v) is 6.12. The Morgan fingerprint density at radius 3 is 2.38 bits per heavy atom. The number of benzene rings is 1. The first-order valence-electron chi connectivity index (χ1n) is 7.54. The minimum atomic E-state index is 0.361. The summed E-state index contributed by atoms with van der Waals surface area (Å²) >= 11 is 0. The zero-order valence-electron chi connectivity index (χ0n) is 13.6. The third-order valence-corrected chi connectivity index (χ3v) is 3.72. The van der Waals surface area contributed by atoms with Crippen LogP contribution in [-0.4, -0.2) is 23.2 Å². The molecule has 0 spiro atoms. The number of hydrogen-bond acceptors (Lipinski definition) is 4. The van der Waals surface area contributed by atoms with Crippen LogP contribution in [0.3, 0.4) is 0 Å². The molecule has 1 heterocycles. The zero-order valence-corrected chi connectivity index (χ0v) is 13.6. The van der Waals surface area contributed by atoms with Gasteiger partial charge in [-0.15, -0.1) is 0 Å². The molecule has 1 N–H and O–H groups in total. The molecule has 4 nitrogen and oxygen atoms in total. The van der Waals surface area contributed by atoms with Crippen molar-refractivity contribution in [2.75, 3.05) is 7.05 Å². The molecule has 0 radical (unpaired) electrons. The number of hydrogen-bond donors (Lipinski definition) is 1. The number of likely N-dealkylation sites (N-methyl/N-ethyl adjacent to an activating group) is 1. The van der Waals surface area contributed by atoms with Crippen LogP contribution in [-0.2, 0) is 12.8 Å². The van der Waals surface area contributed by atoms with Gasteiger partial charge in [0.05, 0.1) is 0 Å². The van der Waals surface area contributed by atoms with Crippen LogP contribution in [0.25, 0.3) is 0 Å². The van der Waals surface area contributed by atoms with Crippen molar-refractivity contribution < 1.29 is 4.52 Å². The number of aryl methyl sites for hydroxylation is 2.